The Morgan fingerprint density at radius 2 is 2.44 bits per heavy atom. The van der Waals surface area contributed by atoms with Gasteiger partial charge in [0.25, 0.3) is 0 Å². The maximum absolute atomic E-state index is 5.73. The van der Waals surface area contributed by atoms with Gasteiger partial charge in [0.15, 0.2) is 0 Å². The molecule has 102 valence electrons. The summed E-state index contributed by atoms with van der Waals surface area (Å²) in [5.74, 6) is 0. The SMILES string of the molecule is CCn1cc(C(C)NCCC2CCCCO2)cn1. The molecule has 18 heavy (non-hydrogen) atoms. The third kappa shape index (κ3) is 3.82. The summed E-state index contributed by atoms with van der Waals surface area (Å²) in [4.78, 5) is 0. The maximum atomic E-state index is 5.73. The van der Waals surface area contributed by atoms with E-state index in [2.05, 4.69) is 30.5 Å². The lowest BCUT2D eigenvalue weighted by Gasteiger charge is -2.23. The lowest BCUT2D eigenvalue weighted by Crippen LogP contribution is -2.26. The Balaban J connectivity index is 1.69. The molecule has 0 radical (unpaired) electrons. The Morgan fingerprint density at radius 1 is 1.56 bits per heavy atom. The third-order valence-corrected chi connectivity index (χ3v) is 3.67. The molecule has 0 spiro atoms. The molecule has 2 rings (SSSR count). The van der Waals surface area contributed by atoms with Crippen LogP contribution in [0.15, 0.2) is 12.4 Å². The number of nitrogens with zero attached hydrogens (tertiary/aromatic N) is 2. The summed E-state index contributed by atoms with van der Waals surface area (Å²) in [5.41, 5.74) is 1.27. The highest BCUT2D eigenvalue weighted by Crippen LogP contribution is 2.16. The van der Waals surface area contributed by atoms with Crippen LogP contribution in [0.1, 0.15) is 51.1 Å². The number of ether oxygens (including phenoxy) is 1. The molecule has 1 aliphatic heterocycles. The van der Waals surface area contributed by atoms with Gasteiger partial charge >= 0.3 is 0 Å². The Labute approximate surface area is 110 Å². The van der Waals surface area contributed by atoms with Crippen LogP contribution in [0.3, 0.4) is 0 Å². The van der Waals surface area contributed by atoms with Gasteiger partial charge in [0, 0.05) is 31.0 Å². The largest absolute Gasteiger partial charge is 0.378 e. The molecule has 0 saturated carbocycles. The van der Waals surface area contributed by atoms with Crippen LogP contribution in [0.5, 0.6) is 0 Å². The van der Waals surface area contributed by atoms with E-state index >= 15 is 0 Å². The number of rotatable bonds is 6. The first kappa shape index (κ1) is 13.6. The molecule has 1 saturated heterocycles. The van der Waals surface area contributed by atoms with E-state index in [1.165, 1.54) is 24.8 Å². The van der Waals surface area contributed by atoms with E-state index in [1.54, 1.807) is 0 Å². The van der Waals surface area contributed by atoms with Crippen molar-refractivity contribution in [1.82, 2.24) is 15.1 Å². The minimum Gasteiger partial charge on any atom is -0.378 e. The second-order valence-electron chi connectivity index (χ2n) is 5.08. The number of nitrogens with one attached hydrogen (secondary N) is 1. The lowest BCUT2D eigenvalue weighted by molar-refractivity contribution is 0.0112. The summed E-state index contributed by atoms with van der Waals surface area (Å²) in [5, 5.41) is 7.86. The second-order valence-corrected chi connectivity index (χ2v) is 5.08. The summed E-state index contributed by atoms with van der Waals surface area (Å²) >= 11 is 0. The highest BCUT2D eigenvalue weighted by Gasteiger charge is 2.14. The molecule has 1 aromatic rings. The quantitative estimate of drug-likeness (QED) is 0.844. The minimum atomic E-state index is 0.369. The molecule has 1 fully saturated rings. The molecule has 0 bridgehead atoms. The molecule has 1 aliphatic rings. The Morgan fingerprint density at radius 3 is 3.11 bits per heavy atom. The van der Waals surface area contributed by atoms with E-state index < -0.39 is 0 Å². The van der Waals surface area contributed by atoms with E-state index in [1.807, 2.05) is 10.9 Å². The van der Waals surface area contributed by atoms with Crippen LogP contribution >= 0.6 is 0 Å². The van der Waals surface area contributed by atoms with Crippen molar-refractivity contribution in [2.24, 2.45) is 0 Å². The van der Waals surface area contributed by atoms with Crippen LogP contribution in [-0.4, -0.2) is 29.0 Å². The van der Waals surface area contributed by atoms with Crippen LogP contribution in [0.4, 0.5) is 0 Å². The molecule has 0 amide bonds. The van der Waals surface area contributed by atoms with E-state index in [0.717, 1.165) is 26.1 Å². The fraction of sp³-hybridized carbons (Fsp3) is 0.786. The number of hydrogen-bond donors (Lipinski definition) is 1. The Bertz CT molecular complexity index is 345. The van der Waals surface area contributed by atoms with Gasteiger partial charge in [0.2, 0.25) is 0 Å². The number of hydrogen-bond acceptors (Lipinski definition) is 3. The lowest BCUT2D eigenvalue weighted by atomic mass is 10.1. The molecule has 2 unspecified atom stereocenters. The van der Waals surface area contributed by atoms with E-state index in [-0.39, 0.29) is 0 Å². The van der Waals surface area contributed by atoms with Gasteiger partial charge < -0.3 is 10.1 Å². The van der Waals surface area contributed by atoms with Gasteiger partial charge in [-0.3, -0.25) is 4.68 Å². The van der Waals surface area contributed by atoms with Crippen molar-refractivity contribution in [3.05, 3.63) is 18.0 Å². The normalized spacial score (nSPS) is 22.0. The summed E-state index contributed by atoms with van der Waals surface area (Å²) in [7, 11) is 0. The predicted octanol–water partition coefficient (Wildman–Crippen LogP) is 2.51. The zero-order valence-electron chi connectivity index (χ0n) is 11.6. The summed E-state index contributed by atoms with van der Waals surface area (Å²) in [6.07, 6.45) is 9.44. The van der Waals surface area contributed by atoms with Gasteiger partial charge in [-0.1, -0.05) is 0 Å². The molecule has 4 nitrogen and oxygen atoms in total. The summed E-state index contributed by atoms with van der Waals surface area (Å²) in [6.45, 7) is 7.20. The van der Waals surface area contributed by atoms with Crippen LogP contribution < -0.4 is 5.32 Å². The van der Waals surface area contributed by atoms with E-state index in [0.29, 0.717) is 12.1 Å². The number of aryl methyl sites for hydroxylation is 1. The number of aromatic nitrogens is 2. The first-order valence-electron chi connectivity index (χ1n) is 7.17. The van der Waals surface area contributed by atoms with Gasteiger partial charge in [-0.25, -0.2) is 0 Å². The topological polar surface area (TPSA) is 39.1 Å². The Kier molecular flexibility index (Phi) is 5.20. The first-order chi connectivity index (χ1) is 8.79. The predicted molar refractivity (Wildman–Crippen MR) is 72.5 cm³/mol. The molecule has 1 N–H and O–H groups in total. The zero-order chi connectivity index (χ0) is 12.8. The molecule has 1 aromatic heterocycles. The Hall–Kier alpha value is -0.870. The van der Waals surface area contributed by atoms with E-state index in [9.17, 15) is 0 Å². The van der Waals surface area contributed by atoms with Crippen molar-refractivity contribution in [2.45, 2.75) is 58.2 Å². The average Bonchev–Trinajstić information content (AvgIpc) is 2.89. The third-order valence-electron chi connectivity index (χ3n) is 3.67. The first-order valence-corrected chi connectivity index (χ1v) is 7.17. The zero-order valence-corrected chi connectivity index (χ0v) is 11.6. The highest BCUT2D eigenvalue weighted by atomic mass is 16.5. The average molecular weight is 251 g/mol. The molecule has 0 aromatic carbocycles. The van der Waals surface area contributed by atoms with Crippen LogP contribution in [0.2, 0.25) is 0 Å². The van der Waals surface area contributed by atoms with Crippen molar-refractivity contribution in [1.29, 1.82) is 0 Å². The van der Waals surface area contributed by atoms with Crippen molar-refractivity contribution >= 4 is 0 Å². The standard InChI is InChI=1S/C14H25N3O/c1-3-17-11-13(10-16-17)12(2)15-8-7-14-6-4-5-9-18-14/h10-12,14-15H,3-9H2,1-2H3. The second kappa shape index (κ2) is 6.90. The molecule has 2 atom stereocenters. The van der Waals surface area contributed by atoms with Crippen LogP contribution in [0, 0.1) is 0 Å². The monoisotopic (exact) mass is 251 g/mol. The smallest absolute Gasteiger partial charge is 0.0587 e. The van der Waals surface area contributed by atoms with Gasteiger partial charge in [-0.2, -0.15) is 5.10 Å². The summed E-state index contributed by atoms with van der Waals surface area (Å²) < 4.78 is 7.70. The molecule has 4 heteroatoms. The van der Waals surface area contributed by atoms with Gasteiger partial charge in [-0.15, -0.1) is 0 Å². The van der Waals surface area contributed by atoms with Crippen molar-refractivity contribution < 1.29 is 4.74 Å². The molecular weight excluding hydrogens is 226 g/mol. The van der Waals surface area contributed by atoms with Crippen LogP contribution in [0.25, 0.3) is 0 Å². The molecule has 0 aliphatic carbocycles. The van der Waals surface area contributed by atoms with Gasteiger partial charge in [-0.05, 0) is 46.1 Å². The highest BCUT2D eigenvalue weighted by molar-refractivity contribution is 5.08. The fourth-order valence-electron chi connectivity index (χ4n) is 2.39. The van der Waals surface area contributed by atoms with Crippen LogP contribution in [-0.2, 0) is 11.3 Å². The van der Waals surface area contributed by atoms with Gasteiger partial charge in [0.05, 0.1) is 12.3 Å². The van der Waals surface area contributed by atoms with Gasteiger partial charge in [0.1, 0.15) is 0 Å². The van der Waals surface area contributed by atoms with Crippen molar-refractivity contribution in [3.8, 4) is 0 Å². The minimum absolute atomic E-state index is 0.369. The fourth-order valence-corrected chi connectivity index (χ4v) is 2.39. The van der Waals surface area contributed by atoms with Crippen molar-refractivity contribution in [3.63, 3.8) is 0 Å². The molecule has 2 heterocycles. The summed E-state index contributed by atoms with van der Waals surface area (Å²) in [6, 6.07) is 0.369. The van der Waals surface area contributed by atoms with E-state index in [4.69, 9.17) is 4.74 Å². The molecular formula is C14H25N3O. The maximum Gasteiger partial charge on any atom is 0.0587 e. The van der Waals surface area contributed by atoms with Crippen molar-refractivity contribution in [2.75, 3.05) is 13.2 Å².